The van der Waals surface area contributed by atoms with Gasteiger partial charge in [-0.2, -0.15) is 0 Å². The number of amides is 1. The van der Waals surface area contributed by atoms with Gasteiger partial charge in [0.15, 0.2) is 21.3 Å². The number of ether oxygens (including phenoxy) is 2. The number of hydrogen-bond donors (Lipinski definition) is 1. The Morgan fingerprint density at radius 3 is 2.59 bits per heavy atom. The molecule has 0 aliphatic carbocycles. The summed E-state index contributed by atoms with van der Waals surface area (Å²) in [6.07, 6.45) is 0.456. The lowest BCUT2D eigenvalue weighted by Crippen LogP contribution is -2.35. The van der Waals surface area contributed by atoms with Gasteiger partial charge in [-0.25, -0.2) is 8.42 Å². The lowest BCUT2D eigenvalue weighted by molar-refractivity contribution is 0.0940. The van der Waals surface area contributed by atoms with Gasteiger partial charge in [0.25, 0.3) is 5.91 Å². The second-order valence-corrected chi connectivity index (χ2v) is 7.83. The smallest absolute Gasteiger partial charge is 0.251 e. The van der Waals surface area contributed by atoms with Crippen molar-refractivity contribution in [3.05, 3.63) is 23.8 Å². The van der Waals surface area contributed by atoms with Gasteiger partial charge in [-0.15, -0.1) is 0 Å². The van der Waals surface area contributed by atoms with Crippen LogP contribution < -0.4 is 14.8 Å². The molecule has 122 valence electrons. The van der Waals surface area contributed by atoms with Crippen molar-refractivity contribution in [3.63, 3.8) is 0 Å². The number of carbonyl (C=O) groups is 1. The highest BCUT2D eigenvalue weighted by Gasteiger charge is 2.29. The second kappa shape index (κ2) is 6.56. The third kappa shape index (κ3) is 4.13. The molecule has 1 aromatic rings. The number of benzene rings is 1. The predicted molar refractivity (Wildman–Crippen MR) is 83.3 cm³/mol. The van der Waals surface area contributed by atoms with Crippen LogP contribution in [0.4, 0.5) is 0 Å². The van der Waals surface area contributed by atoms with Gasteiger partial charge in [-0.1, -0.05) is 0 Å². The molecule has 1 heterocycles. The molecule has 0 spiro atoms. The van der Waals surface area contributed by atoms with Crippen LogP contribution in [0.1, 0.15) is 30.6 Å². The van der Waals surface area contributed by atoms with Gasteiger partial charge in [0.1, 0.15) is 0 Å². The molecule has 1 saturated heterocycles. The van der Waals surface area contributed by atoms with Gasteiger partial charge >= 0.3 is 0 Å². The van der Waals surface area contributed by atoms with Gasteiger partial charge in [-0.3, -0.25) is 4.79 Å². The Morgan fingerprint density at radius 1 is 1.32 bits per heavy atom. The van der Waals surface area contributed by atoms with Crippen molar-refractivity contribution in [2.75, 3.05) is 18.6 Å². The van der Waals surface area contributed by atoms with Gasteiger partial charge in [-0.05, 0) is 38.5 Å². The van der Waals surface area contributed by atoms with E-state index in [0.717, 1.165) is 0 Å². The van der Waals surface area contributed by atoms with Crippen molar-refractivity contribution in [1.82, 2.24) is 5.32 Å². The van der Waals surface area contributed by atoms with Crippen LogP contribution in [0.15, 0.2) is 18.2 Å². The molecule has 6 nitrogen and oxygen atoms in total. The molecule has 0 bridgehead atoms. The van der Waals surface area contributed by atoms with Crippen molar-refractivity contribution < 1.29 is 22.7 Å². The van der Waals surface area contributed by atoms with Crippen molar-refractivity contribution in [1.29, 1.82) is 0 Å². The number of rotatable bonds is 5. The molecular weight excluding hydrogens is 306 g/mol. The normalized spacial score (nSPS) is 19.9. The fraction of sp³-hybridized carbons (Fsp3) is 0.533. The topological polar surface area (TPSA) is 81.7 Å². The highest BCUT2D eigenvalue weighted by atomic mass is 32.2. The van der Waals surface area contributed by atoms with Crippen LogP contribution in [0, 0.1) is 0 Å². The van der Waals surface area contributed by atoms with Gasteiger partial charge in [0.05, 0.1) is 24.7 Å². The van der Waals surface area contributed by atoms with E-state index >= 15 is 0 Å². The van der Waals surface area contributed by atoms with E-state index < -0.39 is 9.84 Å². The summed E-state index contributed by atoms with van der Waals surface area (Å²) in [5.41, 5.74) is 0.414. The van der Waals surface area contributed by atoms with Crippen LogP contribution in [-0.2, 0) is 9.84 Å². The monoisotopic (exact) mass is 327 g/mol. The van der Waals surface area contributed by atoms with Crippen LogP contribution in [0.3, 0.4) is 0 Å². The molecule has 1 unspecified atom stereocenters. The zero-order valence-corrected chi connectivity index (χ0v) is 13.8. The van der Waals surface area contributed by atoms with Crippen molar-refractivity contribution >= 4 is 15.7 Å². The largest absolute Gasteiger partial charge is 0.493 e. The Balaban J connectivity index is 2.10. The summed E-state index contributed by atoms with van der Waals surface area (Å²) >= 11 is 0. The number of nitrogens with one attached hydrogen (secondary N) is 1. The van der Waals surface area contributed by atoms with Crippen LogP contribution in [0.25, 0.3) is 0 Å². The quantitative estimate of drug-likeness (QED) is 0.884. The van der Waals surface area contributed by atoms with Crippen molar-refractivity contribution in [2.45, 2.75) is 32.4 Å². The second-order valence-electron chi connectivity index (χ2n) is 5.61. The molecular formula is C15H21NO5S. The summed E-state index contributed by atoms with van der Waals surface area (Å²) in [6.45, 7) is 3.81. The Morgan fingerprint density at radius 2 is 2.05 bits per heavy atom. The summed E-state index contributed by atoms with van der Waals surface area (Å²) in [5.74, 6) is 0.863. The zero-order valence-electron chi connectivity index (χ0n) is 13.0. The Labute approximate surface area is 130 Å². The van der Waals surface area contributed by atoms with Gasteiger partial charge < -0.3 is 14.8 Å². The summed E-state index contributed by atoms with van der Waals surface area (Å²) in [5, 5.41) is 2.75. The number of carbonyl (C=O) groups excluding carboxylic acids is 1. The lowest BCUT2D eigenvalue weighted by atomic mass is 10.1. The number of hydrogen-bond acceptors (Lipinski definition) is 5. The average molecular weight is 327 g/mol. The fourth-order valence-corrected chi connectivity index (χ4v) is 4.01. The minimum atomic E-state index is -3.02. The molecule has 2 rings (SSSR count). The first-order chi connectivity index (χ1) is 10.3. The Bertz CT molecular complexity index is 654. The first kappa shape index (κ1) is 16.6. The summed E-state index contributed by atoms with van der Waals surface area (Å²) < 4.78 is 33.7. The van der Waals surface area contributed by atoms with E-state index in [9.17, 15) is 13.2 Å². The first-order valence-electron chi connectivity index (χ1n) is 7.16. The van der Waals surface area contributed by atoms with Crippen molar-refractivity contribution in [3.8, 4) is 11.5 Å². The molecule has 1 fully saturated rings. The summed E-state index contributed by atoms with van der Waals surface area (Å²) in [7, 11) is -1.51. The van der Waals surface area contributed by atoms with E-state index in [4.69, 9.17) is 9.47 Å². The molecule has 1 aliphatic heterocycles. The average Bonchev–Trinajstić information content (AvgIpc) is 2.77. The minimum absolute atomic E-state index is 0.00253. The third-order valence-electron chi connectivity index (χ3n) is 3.36. The van der Waals surface area contributed by atoms with Crippen molar-refractivity contribution in [2.24, 2.45) is 0 Å². The molecule has 1 amide bonds. The zero-order chi connectivity index (χ0) is 16.3. The van der Waals surface area contributed by atoms with E-state index in [1.54, 1.807) is 18.2 Å². The third-order valence-corrected chi connectivity index (χ3v) is 5.12. The van der Waals surface area contributed by atoms with E-state index in [1.165, 1.54) is 7.11 Å². The van der Waals surface area contributed by atoms with Crippen LogP contribution >= 0.6 is 0 Å². The molecule has 22 heavy (non-hydrogen) atoms. The van der Waals surface area contributed by atoms with E-state index in [0.29, 0.717) is 23.5 Å². The molecule has 0 radical (unpaired) electrons. The summed E-state index contributed by atoms with van der Waals surface area (Å²) in [6, 6.07) is 4.59. The minimum Gasteiger partial charge on any atom is -0.493 e. The predicted octanol–water partition coefficient (Wildman–Crippen LogP) is 1.40. The number of sulfone groups is 1. The Kier molecular flexibility index (Phi) is 4.95. The molecule has 0 saturated carbocycles. The highest BCUT2D eigenvalue weighted by molar-refractivity contribution is 7.91. The maximum atomic E-state index is 12.2. The maximum Gasteiger partial charge on any atom is 0.251 e. The molecule has 1 atom stereocenters. The van der Waals surface area contributed by atoms with E-state index in [2.05, 4.69) is 5.32 Å². The SMILES string of the molecule is COc1cc(C(=O)NC2CCS(=O)(=O)C2)ccc1OC(C)C. The van der Waals surface area contributed by atoms with Gasteiger partial charge in [0.2, 0.25) is 0 Å². The number of methoxy groups -OCH3 is 1. The van der Waals surface area contributed by atoms with Crippen LogP contribution in [0.5, 0.6) is 11.5 Å². The Hall–Kier alpha value is -1.76. The molecule has 1 N–H and O–H groups in total. The first-order valence-corrected chi connectivity index (χ1v) is 8.99. The van der Waals surface area contributed by atoms with Crippen LogP contribution in [0.2, 0.25) is 0 Å². The lowest BCUT2D eigenvalue weighted by Gasteiger charge is -2.15. The van der Waals surface area contributed by atoms with E-state index in [-0.39, 0.29) is 29.6 Å². The van der Waals surface area contributed by atoms with Gasteiger partial charge in [0, 0.05) is 11.6 Å². The molecule has 0 aromatic heterocycles. The molecule has 7 heteroatoms. The fourth-order valence-electron chi connectivity index (χ4n) is 2.34. The highest BCUT2D eigenvalue weighted by Crippen LogP contribution is 2.29. The molecule has 1 aliphatic rings. The standard InChI is InChI=1S/C15H21NO5S/c1-10(2)21-13-5-4-11(8-14(13)20-3)15(17)16-12-6-7-22(18,19)9-12/h4-5,8,10,12H,6-7,9H2,1-3H3,(H,16,17). The summed E-state index contributed by atoms with van der Waals surface area (Å²) in [4.78, 5) is 12.2. The maximum absolute atomic E-state index is 12.2. The van der Waals surface area contributed by atoms with E-state index in [1.807, 2.05) is 13.8 Å². The van der Waals surface area contributed by atoms with Crippen LogP contribution in [-0.4, -0.2) is 45.1 Å². The molecule has 1 aromatic carbocycles.